The number of nitrogens with zero attached hydrogens (tertiary/aromatic N) is 1. The van der Waals surface area contributed by atoms with Crippen LogP contribution in [0, 0.1) is 5.92 Å². The number of benzene rings is 1. The molecule has 0 aromatic heterocycles. The Balaban J connectivity index is 2.48. The smallest absolute Gasteiger partial charge is 0.222 e. The van der Waals surface area contributed by atoms with Crippen molar-refractivity contribution in [3.8, 4) is 0 Å². The summed E-state index contributed by atoms with van der Waals surface area (Å²) in [6, 6.07) is 10.1. The molecule has 1 atom stereocenters. The van der Waals surface area contributed by atoms with E-state index in [4.69, 9.17) is 18.0 Å². The number of nitrogens with two attached hydrogens (primary N) is 1. The topological polar surface area (TPSA) is 46.3 Å². The lowest BCUT2D eigenvalue weighted by Gasteiger charge is -2.24. The van der Waals surface area contributed by atoms with Gasteiger partial charge in [0.15, 0.2) is 0 Å². The summed E-state index contributed by atoms with van der Waals surface area (Å²) >= 11 is 4.95. The van der Waals surface area contributed by atoms with Crippen molar-refractivity contribution in [3.05, 3.63) is 35.9 Å². The third kappa shape index (κ3) is 5.39. The quantitative estimate of drug-likeness (QED) is 0.779. The van der Waals surface area contributed by atoms with Gasteiger partial charge >= 0.3 is 0 Å². The van der Waals surface area contributed by atoms with Crippen LogP contribution in [0.3, 0.4) is 0 Å². The van der Waals surface area contributed by atoms with Crippen molar-refractivity contribution < 1.29 is 4.79 Å². The first kappa shape index (κ1) is 15.6. The Kier molecular flexibility index (Phi) is 6.50. The van der Waals surface area contributed by atoms with Crippen LogP contribution in [0.25, 0.3) is 0 Å². The van der Waals surface area contributed by atoms with E-state index in [-0.39, 0.29) is 11.8 Å². The number of hydrogen-bond donors (Lipinski definition) is 1. The summed E-state index contributed by atoms with van der Waals surface area (Å²) in [6.07, 6.45) is 1.31. The molecule has 0 fully saturated rings. The zero-order valence-corrected chi connectivity index (χ0v) is 12.5. The van der Waals surface area contributed by atoms with Crippen LogP contribution in [0.2, 0.25) is 0 Å². The second-order valence-electron chi connectivity index (χ2n) is 4.72. The summed E-state index contributed by atoms with van der Waals surface area (Å²) in [4.78, 5) is 14.4. The van der Waals surface area contributed by atoms with E-state index in [2.05, 4.69) is 0 Å². The molecule has 0 aliphatic heterocycles. The van der Waals surface area contributed by atoms with Gasteiger partial charge in [0.2, 0.25) is 5.91 Å². The van der Waals surface area contributed by atoms with E-state index in [9.17, 15) is 4.79 Å². The van der Waals surface area contributed by atoms with Gasteiger partial charge in [-0.2, -0.15) is 0 Å². The fourth-order valence-corrected chi connectivity index (χ4v) is 1.96. The average molecular weight is 278 g/mol. The molecule has 0 saturated carbocycles. The molecule has 0 aliphatic rings. The molecule has 2 N–H and O–H groups in total. The minimum Gasteiger partial charge on any atom is -0.393 e. The molecule has 0 saturated heterocycles. The molecule has 4 heteroatoms. The first-order valence-electron chi connectivity index (χ1n) is 6.65. The molecule has 104 valence electrons. The molecule has 19 heavy (non-hydrogen) atoms. The van der Waals surface area contributed by atoms with Crippen molar-refractivity contribution in [2.75, 3.05) is 13.1 Å². The number of carbonyl (C=O) groups excluding carboxylic acids is 1. The molecule has 1 rings (SSSR count). The van der Waals surface area contributed by atoms with E-state index in [1.165, 1.54) is 5.56 Å². The van der Waals surface area contributed by atoms with Crippen molar-refractivity contribution in [2.45, 2.75) is 26.7 Å². The van der Waals surface area contributed by atoms with Crippen LogP contribution >= 0.6 is 12.2 Å². The number of hydrogen-bond acceptors (Lipinski definition) is 2. The minimum atomic E-state index is 0.0654. The van der Waals surface area contributed by atoms with Crippen molar-refractivity contribution in [2.24, 2.45) is 11.7 Å². The molecule has 1 amide bonds. The number of carbonyl (C=O) groups is 1. The lowest BCUT2D eigenvalue weighted by molar-refractivity contribution is -0.131. The zero-order chi connectivity index (χ0) is 14.3. The second-order valence-corrected chi connectivity index (χ2v) is 5.19. The largest absolute Gasteiger partial charge is 0.393 e. The van der Waals surface area contributed by atoms with Crippen LogP contribution < -0.4 is 5.73 Å². The molecule has 3 nitrogen and oxygen atoms in total. The first-order chi connectivity index (χ1) is 9.04. The zero-order valence-electron chi connectivity index (χ0n) is 11.6. The number of aryl methyl sites for hydroxylation is 1. The Morgan fingerprint density at radius 1 is 1.37 bits per heavy atom. The third-order valence-corrected chi connectivity index (χ3v) is 3.59. The Labute approximate surface area is 120 Å². The molecular formula is C15H22N2OS. The third-order valence-electron chi connectivity index (χ3n) is 3.18. The van der Waals surface area contributed by atoms with Crippen LogP contribution in [0.15, 0.2) is 30.3 Å². The van der Waals surface area contributed by atoms with Gasteiger partial charge in [-0.1, -0.05) is 49.5 Å². The van der Waals surface area contributed by atoms with Gasteiger partial charge in [-0.05, 0) is 18.9 Å². The van der Waals surface area contributed by atoms with Crippen LogP contribution in [-0.2, 0) is 11.2 Å². The maximum absolute atomic E-state index is 12.1. The standard InChI is InChI=1S/C15H22N2OS/c1-3-17(11-12(2)15(16)19)14(18)10-9-13-7-5-4-6-8-13/h4-8,12H,3,9-11H2,1-2H3,(H2,16,19). The van der Waals surface area contributed by atoms with Crippen LogP contribution in [0.4, 0.5) is 0 Å². The van der Waals surface area contributed by atoms with Gasteiger partial charge in [0.25, 0.3) is 0 Å². The molecule has 0 heterocycles. The second kappa shape index (κ2) is 7.89. The first-order valence-corrected chi connectivity index (χ1v) is 7.06. The predicted octanol–water partition coefficient (Wildman–Crippen LogP) is 2.39. The van der Waals surface area contributed by atoms with Gasteiger partial charge in [-0.3, -0.25) is 4.79 Å². The van der Waals surface area contributed by atoms with Gasteiger partial charge in [0.1, 0.15) is 0 Å². The highest BCUT2D eigenvalue weighted by Crippen LogP contribution is 2.07. The average Bonchev–Trinajstić information content (AvgIpc) is 2.42. The lowest BCUT2D eigenvalue weighted by atomic mass is 10.1. The van der Waals surface area contributed by atoms with Crippen molar-refractivity contribution in [1.82, 2.24) is 4.90 Å². The van der Waals surface area contributed by atoms with Gasteiger partial charge in [0.05, 0.1) is 4.99 Å². The molecular weight excluding hydrogens is 256 g/mol. The maximum Gasteiger partial charge on any atom is 0.222 e. The van der Waals surface area contributed by atoms with E-state index in [0.29, 0.717) is 24.5 Å². The summed E-state index contributed by atoms with van der Waals surface area (Å²) in [5.41, 5.74) is 6.79. The summed E-state index contributed by atoms with van der Waals surface area (Å²) in [5.74, 6) is 0.227. The SMILES string of the molecule is CCN(CC(C)C(N)=S)C(=O)CCc1ccccc1. The molecule has 0 aliphatic carbocycles. The maximum atomic E-state index is 12.1. The fraction of sp³-hybridized carbons (Fsp3) is 0.467. The van der Waals surface area contributed by atoms with Crippen molar-refractivity contribution in [3.63, 3.8) is 0 Å². The number of thiocarbonyl (C=S) groups is 1. The summed E-state index contributed by atoms with van der Waals surface area (Å²) in [5, 5.41) is 0. The minimum absolute atomic E-state index is 0.0654. The van der Waals surface area contributed by atoms with E-state index in [0.717, 1.165) is 6.42 Å². The number of amides is 1. The van der Waals surface area contributed by atoms with Gasteiger partial charge < -0.3 is 10.6 Å². The Hall–Kier alpha value is -1.42. The number of rotatable bonds is 7. The van der Waals surface area contributed by atoms with Crippen molar-refractivity contribution >= 4 is 23.1 Å². The van der Waals surface area contributed by atoms with Gasteiger partial charge in [0, 0.05) is 25.4 Å². The molecule has 0 radical (unpaired) electrons. The van der Waals surface area contributed by atoms with Crippen LogP contribution in [-0.4, -0.2) is 28.9 Å². The van der Waals surface area contributed by atoms with E-state index < -0.39 is 0 Å². The molecule has 1 aromatic rings. The van der Waals surface area contributed by atoms with Crippen molar-refractivity contribution in [1.29, 1.82) is 0 Å². The van der Waals surface area contributed by atoms with E-state index >= 15 is 0 Å². The highest BCUT2D eigenvalue weighted by atomic mass is 32.1. The van der Waals surface area contributed by atoms with E-state index in [1.54, 1.807) is 0 Å². The molecule has 0 bridgehead atoms. The molecule has 0 spiro atoms. The van der Waals surface area contributed by atoms with Gasteiger partial charge in [-0.15, -0.1) is 0 Å². The molecule has 1 unspecified atom stereocenters. The van der Waals surface area contributed by atoms with Crippen LogP contribution in [0.5, 0.6) is 0 Å². The Morgan fingerprint density at radius 3 is 2.53 bits per heavy atom. The summed E-state index contributed by atoms with van der Waals surface area (Å²) in [6.45, 7) is 5.24. The van der Waals surface area contributed by atoms with Crippen LogP contribution in [0.1, 0.15) is 25.8 Å². The summed E-state index contributed by atoms with van der Waals surface area (Å²) in [7, 11) is 0. The highest BCUT2D eigenvalue weighted by Gasteiger charge is 2.16. The summed E-state index contributed by atoms with van der Waals surface area (Å²) < 4.78 is 0. The van der Waals surface area contributed by atoms with Gasteiger partial charge in [-0.25, -0.2) is 0 Å². The Bertz CT molecular complexity index is 419. The highest BCUT2D eigenvalue weighted by molar-refractivity contribution is 7.80. The monoisotopic (exact) mass is 278 g/mol. The fourth-order valence-electron chi connectivity index (χ4n) is 1.88. The normalized spacial score (nSPS) is 11.9. The lowest BCUT2D eigenvalue weighted by Crippen LogP contribution is -2.38. The Morgan fingerprint density at radius 2 is 2.00 bits per heavy atom. The van der Waals surface area contributed by atoms with E-state index in [1.807, 2.05) is 49.1 Å². The molecule has 1 aromatic carbocycles. The predicted molar refractivity (Wildman–Crippen MR) is 83.0 cm³/mol.